The van der Waals surface area contributed by atoms with Crippen molar-refractivity contribution in [3.8, 4) is 0 Å². The average Bonchev–Trinajstić information content (AvgIpc) is 3.25. The van der Waals surface area contributed by atoms with Crippen molar-refractivity contribution in [3.05, 3.63) is 64.6 Å². The lowest BCUT2D eigenvalue weighted by molar-refractivity contribution is -0.142. The number of carboxylic acids is 1. The van der Waals surface area contributed by atoms with Gasteiger partial charge >= 0.3 is 5.97 Å². The molecule has 8 heteroatoms. The van der Waals surface area contributed by atoms with E-state index in [4.69, 9.17) is 0 Å². The number of halogens is 2. The number of fused-ring (bicyclic) bond motifs is 3. The number of H-pyrrole nitrogens is 1. The van der Waals surface area contributed by atoms with Crippen molar-refractivity contribution in [1.29, 1.82) is 0 Å². The molecule has 0 aliphatic carbocycles. The number of nitrogens with one attached hydrogen (secondary N) is 1. The minimum atomic E-state index is -0.860. The van der Waals surface area contributed by atoms with Gasteiger partial charge in [0.1, 0.15) is 5.82 Å². The summed E-state index contributed by atoms with van der Waals surface area (Å²) in [6.45, 7) is 7.92. The van der Waals surface area contributed by atoms with E-state index < -0.39 is 17.9 Å². The van der Waals surface area contributed by atoms with E-state index in [9.17, 15) is 14.3 Å². The van der Waals surface area contributed by atoms with Crippen molar-refractivity contribution < 1.29 is 18.7 Å². The fraction of sp³-hybridized carbons (Fsp3) is 0.500. The Morgan fingerprint density at radius 3 is 2.63 bits per heavy atom. The standard InChI is InChI=1S/C30H40F2N4O2/c1-19(30(37)38)18-36-20(2)17-23-22-9-6-7-10-25(22)33-28(23)29(36)27-21(3)26(12-11-24(27)32)35(5)16-15-34(4)14-8-13-31/h6-7,9-12,19-20,29,33H,8,13-18H2,1-5H3,(H,37,38)/t19?,20-,29-/m1/s1. The lowest BCUT2D eigenvalue weighted by atomic mass is 9.85. The van der Waals surface area contributed by atoms with Crippen LogP contribution in [0.25, 0.3) is 10.9 Å². The molecular formula is C30H40F2N4O2. The zero-order valence-corrected chi connectivity index (χ0v) is 23.1. The van der Waals surface area contributed by atoms with Crippen LogP contribution in [0.4, 0.5) is 14.5 Å². The van der Waals surface area contributed by atoms with Crippen LogP contribution >= 0.6 is 0 Å². The topological polar surface area (TPSA) is 62.8 Å². The zero-order chi connectivity index (χ0) is 27.6. The lowest BCUT2D eigenvalue weighted by Gasteiger charge is -2.42. The number of aromatic amines is 1. The van der Waals surface area contributed by atoms with E-state index in [2.05, 4.69) is 32.7 Å². The van der Waals surface area contributed by atoms with Crippen molar-refractivity contribution in [2.24, 2.45) is 5.92 Å². The van der Waals surface area contributed by atoms with E-state index in [0.717, 1.165) is 40.8 Å². The predicted octanol–water partition coefficient (Wildman–Crippen LogP) is 5.40. The maximum Gasteiger partial charge on any atom is 0.307 e. The number of nitrogens with zero attached hydrogens (tertiary/aromatic N) is 3. The maximum absolute atomic E-state index is 15.9. The summed E-state index contributed by atoms with van der Waals surface area (Å²) in [5, 5.41) is 10.8. The van der Waals surface area contributed by atoms with Crippen molar-refractivity contribution in [2.45, 2.75) is 45.7 Å². The number of rotatable bonds is 11. The highest BCUT2D eigenvalue weighted by Gasteiger charge is 2.39. The minimum absolute atomic E-state index is 0.0258. The number of carbonyl (C=O) groups is 1. The van der Waals surface area contributed by atoms with Crippen LogP contribution in [-0.4, -0.2) is 78.9 Å². The van der Waals surface area contributed by atoms with Gasteiger partial charge in [0.25, 0.3) is 0 Å². The molecule has 1 aliphatic heterocycles. The van der Waals surface area contributed by atoms with E-state index in [1.165, 1.54) is 11.6 Å². The molecular weight excluding hydrogens is 486 g/mol. The quantitative estimate of drug-likeness (QED) is 0.350. The number of aliphatic carboxylic acids is 1. The van der Waals surface area contributed by atoms with Crippen molar-refractivity contribution >= 4 is 22.6 Å². The Labute approximate surface area is 224 Å². The molecule has 1 aliphatic rings. The fourth-order valence-electron chi connectivity index (χ4n) is 5.81. The van der Waals surface area contributed by atoms with Crippen LogP contribution in [0, 0.1) is 18.7 Å². The second-order valence-corrected chi connectivity index (χ2v) is 10.8. The van der Waals surface area contributed by atoms with Gasteiger partial charge in [-0.1, -0.05) is 25.1 Å². The number of carboxylic acid groups (broad SMARTS) is 1. The number of aromatic nitrogens is 1. The molecule has 4 rings (SSSR count). The third kappa shape index (κ3) is 5.57. The van der Waals surface area contributed by atoms with Crippen LogP contribution in [0.3, 0.4) is 0 Å². The Kier molecular flexibility index (Phi) is 8.73. The summed E-state index contributed by atoms with van der Waals surface area (Å²) in [4.78, 5) is 21.8. The molecule has 0 saturated carbocycles. The van der Waals surface area contributed by atoms with Gasteiger partial charge in [0, 0.05) is 67.1 Å². The first-order valence-corrected chi connectivity index (χ1v) is 13.5. The summed E-state index contributed by atoms with van der Waals surface area (Å²) in [6.07, 6.45) is 1.27. The fourth-order valence-corrected chi connectivity index (χ4v) is 5.81. The van der Waals surface area contributed by atoms with E-state index >= 15 is 4.39 Å². The molecule has 0 spiro atoms. The molecule has 0 saturated heterocycles. The van der Waals surface area contributed by atoms with E-state index in [0.29, 0.717) is 31.6 Å². The molecule has 1 unspecified atom stereocenters. The Hall–Kier alpha value is -2.97. The molecule has 1 aromatic heterocycles. The van der Waals surface area contributed by atoms with Crippen LogP contribution in [0.15, 0.2) is 36.4 Å². The molecule has 2 heterocycles. The van der Waals surface area contributed by atoms with Gasteiger partial charge in [-0.25, -0.2) is 4.39 Å². The van der Waals surface area contributed by atoms with Gasteiger partial charge in [-0.05, 0) is 63.1 Å². The van der Waals surface area contributed by atoms with Gasteiger partial charge in [0.15, 0.2) is 0 Å². The Balaban J connectivity index is 1.78. The normalized spacial score (nSPS) is 18.6. The van der Waals surface area contributed by atoms with Crippen molar-refractivity contribution in [3.63, 3.8) is 0 Å². The minimum Gasteiger partial charge on any atom is -0.481 e. The second-order valence-electron chi connectivity index (χ2n) is 10.8. The third-order valence-electron chi connectivity index (χ3n) is 8.03. The van der Waals surface area contributed by atoms with Gasteiger partial charge in [-0.3, -0.25) is 14.1 Å². The number of hydrogen-bond donors (Lipinski definition) is 2. The summed E-state index contributed by atoms with van der Waals surface area (Å²) >= 11 is 0. The van der Waals surface area contributed by atoms with Crippen molar-refractivity contribution in [1.82, 2.24) is 14.8 Å². The maximum atomic E-state index is 15.9. The molecule has 6 nitrogen and oxygen atoms in total. The summed E-state index contributed by atoms with van der Waals surface area (Å²) in [5.41, 5.74) is 5.47. The number of hydrogen-bond acceptors (Lipinski definition) is 4. The van der Waals surface area contributed by atoms with Crippen LogP contribution < -0.4 is 4.90 Å². The van der Waals surface area contributed by atoms with Gasteiger partial charge in [-0.2, -0.15) is 0 Å². The Morgan fingerprint density at radius 2 is 1.92 bits per heavy atom. The van der Waals surface area contributed by atoms with Crippen LogP contribution in [-0.2, 0) is 11.2 Å². The molecule has 3 aromatic rings. The number of para-hydroxylation sites is 1. The highest BCUT2D eigenvalue weighted by Crippen LogP contribution is 2.44. The molecule has 0 fully saturated rings. The number of anilines is 1. The predicted molar refractivity (Wildman–Crippen MR) is 149 cm³/mol. The monoisotopic (exact) mass is 526 g/mol. The summed E-state index contributed by atoms with van der Waals surface area (Å²) in [6, 6.07) is 11.1. The first kappa shape index (κ1) is 28.0. The summed E-state index contributed by atoms with van der Waals surface area (Å²) < 4.78 is 28.4. The number of benzene rings is 2. The van der Waals surface area contributed by atoms with Crippen molar-refractivity contribution in [2.75, 3.05) is 51.8 Å². The first-order chi connectivity index (χ1) is 18.1. The van der Waals surface area contributed by atoms with E-state index in [1.54, 1.807) is 6.92 Å². The van der Waals surface area contributed by atoms with E-state index in [1.807, 2.05) is 45.3 Å². The highest BCUT2D eigenvalue weighted by molar-refractivity contribution is 5.85. The average molecular weight is 527 g/mol. The third-order valence-corrected chi connectivity index (χ3v) is 8.03. The van der Waals surface area contributed by atoms with Gasteiger partial charge in [0.2, 0.25) is 0 Å². The highest BCUT2D eigenvalue weighted by atomic mass is 19.1. The summed E-state index contributed by atoms with van der Waals surface area (Å²) in [7, 11) is 3.98. The smallest absolute Gasteiger partial charge is 0.307 e. The molecule has 206 valence electrons. The molecule has 0 radical (unpaired) electrons. The summed E-state index contributed by atoms with van der Waals surface area (Å²) in [5.74, 6) is -1.75. The second kappa shape index (κ2) is 11.8. The Bertz CT molecular complexity index is 1280. The largest absolute Gasteiger partial charge is 0.481 e. The van der Waals surface area contributed by atoms with Gasteiger partial charge in [-0.15, -0.1) is 0 Å². The van der Waals surface area contributed by atoms with Gasteiger partial charge < -0.3 is 19.9 Å². The molecule has 3 atom stereocenters. The Morgan fingerprint density at radius 1 is 1.18 bits per heavy atom. The SMILES string of the molecule is Cc1c(N(C)CCN(C)CCCF)ccc(F)c1[C@@H]1c2[nH]c3ccccc3c2C[C@@H](C)N1CC(C)C(=O)O. The van der Waals surface area contributed by atoms with Crippen LogP contribution in [0.5, 0.6) is 0 Å². The molecule has 2 N–H and O–H groups in total. The number of likely N-dealkylation sites (N-methyl/N-ethyl adjacent to an activating group) is 2. The van der Waals surface area contributed by atoms with Gasteiger partial charge in [0.05, 0.1) is 18.6 Å². The molecule has 2 aromatic carbocycles. The van der Waals surface area contributed by atoms with Crippen LogP contribution in [0.1, 0.15) is 48.7 Å². The zero-order valence-electron chi connectivity index (χ0n) is 23.1. The lowest BCUT2D eigenvalue weighted by Crippen LogP contribution is -2.46. The number of alkyl halides is 1. The first-order valence-electron chi connectivity index (χ1n) is 13.5. The van der Waals surface area contributed by atoms with E-state index in [-0.39, 0.29) is 18.5 Å². The molecule has 38 heavy (non-hydrogen) atoms. The molecule has 0 bridgehead atoms. The van der Waals surface area contributed by atoms with Crippen LogP contribution in [0.2, 0.25) is 0 Å². The molecule has 0 amide bonds.